The highest BCUT2D eigenvalue weighted by Gasteiger charge is 2.25. The molecule has 0 saturated carbocycles. The zero-order valence-electron chi connectivity index (χ0n) is 17.0. The fraction of sp³-hybridized carbons (Fsp3) is 0.348. The number of piperidine rings is 1. The van der Waals surface area contributed by atoms with E-state index in [9.17, 15) is 9.59 Å². The Morgan fingerprint density at radius 2 is 2.07 bits per heavy atom. The highest BCUT2D eigenvalue weighted by molar-refractivity contribution is 7.13. The largest absolute Gasteiger partial charge is 0.496 e. The molecule has 2 aromatic heterocycles. The molecule has 1 saturated heterocycles. The summed E-state index contributed by atoms with van der Waals surface area (Å²) in [6.45, 7) is 1.92. The fourth-order valence-corrected chi connectivity index (χ4v) is 4.63. The molecule has 0 radical (unpaired) electrons. The maximum atomic E-state index is 12.9. The summed E-state index contributed by atoms with van der Waals surface area (Å²) >= 11 is 1.60. The summed E-state index contributed by atoms with van der Waals surface area (Å²) < 4.78 is 6.92. The Bertz CT molecular complexity index is 1060. The van der Waals surface area contributed by atoms with Crippen LogP contribution in [0.25, 0.3) is 10.6 Å². The van der Waals surface area contributed by atoms with Gasteiger partial charge >= 0.3 is 0 Å². The fourth-order valence-electron chi connectivity index (χ4n) is 3.94. The third-order valence-electron chi connectivity index (χ3n) is 5.48. The van der Waals surface area contributed by atoms with E-state index in [1.165, 1.54) is 0 Å². The van der Waals surface area contributed by atoms with E-state index in [2.05, 4.69) is 5.10 Å². The Hall–Kier alpha value is -2.93. The van der Waals surface area contributed by atoms with Gasteiger partial charge in [-0.25, -0.2) is 4.68 Å². The Balaban J connectivity index is 1.44. The number of para-hydroxylation sites is 1. The first-order chi connectivity index (χ1) is 14.6. The lowest BCUT2D eigenvalue weighted by Gasteiger charge is -2.33. The van der Waals surface area contributed by atoms with Crippen LogP contribution in [0, 0.1) is 5.92 Å². The van der Waals surface area contributed by atoms with Crippen LogP contribution in [-0.2, 0) is 17.8 Å². The van der Waals surface area contributed by atoms with Gasteiger partial charge in [0.1, 0.15) is 11.4 Å². The van der Waals surface area contributed by atoms with E-state index in [0.29, 0.717) is 19.5 Å². The van der Waals surface area contributed by atoms with Crippen molar-refractivity contribution in [1.82, 2.24) is 14.7 Å². The molecule has 30 heavy (non-hydrogen) atoms. The predicted molar refractivity (Wildman–Crippen MR) is 118 cm³/mol. The van der Waals surface area contributed by atoms with Gasteiger partial charge in [0.25, 0.3) is 5.56 Å². The van der Waals surface area contributed by atoms with E-state index in [0.717, 1.165) is 41.3 Å². The molecule has 3 heterocycles. The minimum absolute atomic E-state index is 0.0943. The minimum Gasteiger partial charge on any atom is -0.496 e. The summed E-state index contributed by atoms with van der Waals surface area (Å²) in [4.78, 5) is 28.2. The molecule has 1 aliphatic rings. The first-order valence-electron chi connectivity index (χ1n) is 10.2. The third-order valence-corrected chi connectivity index (χ3v) is 6.37. The van der Waals surface area contributed by atoms with E-state index >= 15 is 0 Å². The molecule has 1 amide bonds. The number of likely N-dealkylation sites (tertiary alicyclic amines) is 1. The number of hydrogen-bond donors (Lipinski definition) is 0. The Morgan fingerprint density at radius 1 is 1.20 bits per heavy atom. The first kappa shape index (κ1) is 20.3. The molecule has 1 fully saturated rings. The van der Waals surface area contributed by atoms with Crippen molar-refractivity contribution < 1.29 is 9.53 Å². The van der Waals surface area contributed by atoms with Crippen molar-refractivity contribution in [2.75, 3.05) is 20.2 Å². The molecule has 4 rings (SSSR count). The number of benzene rings is 1. The molecular weight excluding hydrogens is 398 g/mol. The molecule has 3 aromatic rings. The summed E-state index contributed by atoms with van der Waals surface area (Å²) in [6.07, 6.45) is 2.24. The molecular formula is C23H25N3O3S. The molecule has 1 atom stereocenters. The van der Waals surface area contributed by atoms with Gasteiger partial charge in [-0.05, 0) is 42.3 Å². The van der Waals surface area contributed by atoms with Crippen molar-refractivity contribution in [2.24, 2.45) is 5.92 Å². The Labute approximate surface area is 179 Å². The van der Waals surface area contributed by atoms with Gasteiger partial charge in [-0.1, -0.05) is 24.3 Å². The normalized spacial score (nSPS) is 16.4. The minimum atomic E-state index is -0.104. The molecule has 0 unspecified atom stereocenters. The number of carbonyl (C=O) groups excluding carboxylic acids is 1. The van der Waals surface area contributed by atoms with Gasteiger partial charge in [-0.2, -0.15) is 5.10 Å². The number of ether oxygens (including phenoxy) is 1. The highest BCUT2D eigenvalue weighted by atomic mass is 32.1. The van der Waals surface area contributed by atoms with E-state index in [1.54, 1.807) is 35.3 Å². The topological polar surface area (TPSA) is 64.4 Å². The third kappa shape index (κ3) is 4.62. The number of amides is 1. The van der Waals surface area contributed by atoms with Crippen LogP contribution in [0.1, 0.15) is 18.4 Å². The van der Waals surface area contributed by atoms with E-state index in [-0.39, 0.29) is 17.4 Å². The number of hydrogen-bond acceptors (Lipinski definition) is 5. The van der Waals surface area contributed by atoms with Crippen LogP contribution in [0.15, 0.2) is 58.7 Å². The standard InChI is InChI=1S/C23H25N3O3S/c1-29-20-8-3-2-7-18(20)14-23(28)25-12-4-6-17(15-25)16-26-22(27)11-10-19(24-26)21-9-5-13-30-21/h2-3,5,7-11,13,17H,4,6,12,14-16H2,1H3/t17-/m1/s1. The average molecular weight is 424 g/mol. The average Bonchev–Trinajstić information content (AvgIpc) is 3.31. The van der Waals surface area contributed by atoms with E-state index < -0.39 is 0 Å². The van der Waals surface area contributed by atoms with Crippen LogP contribution in [0.2, 0.25) is 0 Å². The van der Waals surface area contributed by atoms with Gasteiger partial charge < -0.3 is 9.64 Å². The second-order valence-corrected chi connectivity index (χ2v) is 8.50. The lowest BCUT2D eigenvalue weighted by atomic mass is 9.97. The van der Waals surface area contributed by atoms with Crippen molar-refractivity contribution in [3.8, 4) is 16.3 Å². The van der Waals surface area contributed by atoms with Crippen molar-refractivity contribution in [1.29, 1.82) is 0 Å². The number of aromatic nitrogens is 2. The van der Waals surface area contributed by atoms with Gasteiger partial charge in [-0.15, -0.1) is 11.3 Å². The molecule has 1 aromatic carbocycles. The van der Waals surface area contributed by atoms with Gasteiger partial charge in [0.2, 0.25) is 5.91 Å². The summed E-state index contributed by atoms with van der Waals surface area (Å²) in [6, 6.07) is 15.0. The molecule has 7 heteroatoms. The maximum Gasteiger partial charge on any atom is 0.266 e. The van der Waals surface area contributed by atoms with Crippen LogP contribution in [-0.4, -0.2) is 40.8 Å². The maximum absolute atomic E-state index is 12.9. The lowest BCUT2D eigenvalue weighted by molar-refractivity contribution is -0.132. The Kier molecular flexibility index (Phi) is 6.28. The van der Waals surface area contributed by atoms with Crippen LogP contribution in [0.5, 0.6) is 5.75 Å². The summed E-state index contributed by atoms with van der Waals surface area (Å²) in [7, 11) is 1.62. The molecule has 6 nitrogen and oxygen atoms in total. The number of nitrogens with zero attached hydrogens (tertiary/aromatic N) is 3. The quantitative estimate of drug-likeness (QED) is 0.609. The smallest absolute Gasteiger partial charge is 0.266 e. The van der Waals surface area contributed by atoms with Gasteiger partial charge in [0.15, 0.2) is 0 Å². The highest BCUT2D eigenvalue weighted by Crippen LogP contribution is 2.23. The second kappa shape index (κ2) is 9.26. The molecule has 1 aliphatic heterocycles. The number of carbonyl (C=O) groups is 1. The van der Waals surface area contributed by atoms with Gasteiger partial charge in [-0.3, -0.25) is 9.59 Å². The van der Waals surface area contributed by atoms with Crippen LogP contribution in [0.4, 0.5) is 0 Å². The van der Waals surface area contributed by atoms with Gasteiger partial charge in [0, 0.05) is 31.3 Å². The molecule has 0 N–H and O–H groups in total. The summed E-state index contributed by atoms with van der Waals surface area (Å²) in [5, 5.41) is 6.56. The monoisotopic (exact) mass is 423 g/mol. The summed E-state index contributed by atoms with van der Waals surface area (Å²) in [5.41, 5.74) is 1.60. The Morgan fingerprint density at radius 3 is 2.87 bits per heavy atom. The second-order valence-electron chi connectivity index (χ2n) is 7.55. The molecule has 0 bridgehead atoms. The van der Waals surface area contributed by atoms with Crippen molar-refractivity contribution in [3.05, 3.63) is 69.8 Å². The van der Waals surface area contributed by atoms with E-state index in [1.807, 2.05) is 46.7 Å². The zero-order valence-corrected chi connectivity index (χ0v) is 17.8. The van der Waals surface area contributed by atoms with Gasteiger partial charge in [0.05, 0.1) is 18.4 Å². The van der Waals surface area contributed by atoms with Crippen molar-refractivity contribution >= 4 is 17.2 Å². The number of rotatable bonds is 6. The number of thiophene rings is 1. The summed E-state index contributed by atoms with van der Waals surface area (Å²) in [5.74, 6) is 1.04. The van der Waals surface area contributed by atoms with Crippen LogP contribution < -0.4 is 10.3 Å². The van der Waals surface area contributed by atoms with Crippen molar-refractivity contribution in [2.45, 2.75) is 25.8 Å². The predicted octanol–water partition coefficient (Wildman–Crippen LogP) is 3.46. The lowest BCUT2D eigenvalue weighted by Crippen LogP contribution is -2.42. The number of methoxy groups -OCH3 is 1. The molecule has 156 valence electrons. The van der Waals surface area contributed by atoms with Crippen LogP contribution in [0.3, 0.4) is 0 Å². The molecule has 0 spiro atoms. The van der Waals surface area contributed by atoms with E-state index in [4.69, 9.17) is 4.74 Å². The first-order valence-corrected chi connectivity index (χ1v) is 11.0. The van der Waals surface area contributed by atoms with Crippen LogP contribution >= 0.6 is 11.3 Å². The SMILES string of the molecule is COc1ccccc1CC(=O)N1CCC[C@@H](Cn2nc(-c3cccs3)ccc2=O)C1. The van der Waals surface area contributed by atoms with Crippen molar-refractivity contribution in [3.63, 3.8) is 0 Å². The zero-order chi connectivity index (χ0) is 20.9. The molecule has 0 aliphatic carbocycles.